The Kier molecular flexibility index (Phi) is 10.2. The van der Waals surface area contributed by atoms with E-state index in [-0.39, 0.29) is 29.2 Å². The Hall–Kier alpha value is -2.49. The Morgan fingerprint density at radius 1 is 1.11 bits per heavy atom. The molecule has 1 unspecified atom stereocenters. The second-order valence-corrected chi connectivity index (χ2v) is 11.1. The van der Waals surface area contributed by atoms with Crippen LogP contribution in [0.1, 0.15) is 32.8 Å². The summed E-state index contributed by atoms with van der Waals surface area (Å²) in [6.45, 7) is 4.97. The number of carbonyl (C=O) groups is 2. The van der Waals surface area contributed by atoms with Gasteiger partial charge in [-0.2, -0.15) is 0 Å². The number of rotatable bonds is 11. The first-order valence-electron chi connectivity index (χ1n) is 11.0. The van der Waals surface area contributed by atoms with Gasteiger partial charge in [-0.1, -0.05) is 42.3 Å². The average Bonchev–Trinajstić information content (AvgIpc) is 2.76. The lowest BCUT2D eigenvalue weighted by atomic mass is 10.1. The van der Waals surface area contributed by atoms with Crippen molar-refractivity contribution in [2.75, 3.05) is 24.2 Å². The Labute approximate surface area is 217 Å². The van der Waals surface area contributed by atoms with Crippen molar-refractivity contribution in [3.63, 3.8) is 0 Å². The molecule has 2 rings (SSSR count). The van der Waals surface area contributed by atoms with Crippen LogP contribution in [0.25, 0.3) is 0 Å². The predicted octanol–water partition coefficient (Wildman–Crippen LogP) is 4.10. The molecule has 8 nitrogen and oxygen atoms in total. The summed E-state index contributed by atoms with van der Waals surface area (Å²) in [7, 11) is -2.36. The van der Waals surface area contributed by atoms with Crippen LogP contribution in [0.15, 0.2) is 42.5 Å². The lowest BCUT2D eigenvalue weighted by molar-refractivity contribution is -0.140. The predicted molar refractivity (Wildman–Crippen MR) is 140 cm³/mol. The Balaban J connectivity index is 2.49. The number of ether oxygens (including phenoxy) is 1. The van der Waals surface area contributed by atoms with Gasteiger partial charge in [0.25, 0.3) is 0 Å². The van der Waals surface area contributed by atoms with Gasteiger partial charge in [0.15, 0.2) is 0 Å². The summed E-state index contributed by atoms with van der Waals surface area (Å²) < 4.78 is 31.5. The molecule has 0 saturated heterocycles. The number of nitrogens with zero attached hydrogens (tertiary/aromatic N) is 2. The number of carbonyl (C=O) groups excluding carboxylic acids is 2. The van der Waals surface area contributed by atoms with Gasteiger partial charge in [0.2, 0.25) is 21.8 Å². The van der Waals surface area contributed by atoms with E-state index in [1.54, 1.807) is 31.2 Å². The van der Waals surface area contributed by atoms with Gasteiger partial charge in [-0.15, -0.1) is 0 Å². The second-order valence-electron chi connectivity index (χ2n) is 8.33. The fourth-order valence-electron chi connectivity index (χ4n) is 3.55. The zero-order valence-corrected chi connectivity index (χ0v) is 22.7. The third-order valence-corrected chi connectivity index (χ3v) is 6.83. The summed E-state index contributed by atoms with van der Waals surface area (Å²) in [4.78, 5) is 28.0. The number of hydrogen-bond acceptors (Lipinski definition) is 5. The molecule has 0 aromatic heterocycles. The molecule has 2 aromatic rings. The van der Waals surface area contributed by atoms with Gasteiger partial charge in [0.1, 0.15) is 18.3 Å². The minimum Gasteiger partial charge on any atom is -0.497 e. The molecule has 0 fully saturated rings. The number of hydrogen-bond donors (Lipinski definition) is 1. The lowest BCUT2D eigenvalue weighted by Crippen LogP contribution is -2.53. The van der Waals surface area contributed by atoms with Crippen LogP contribution in [-0.2, 0) is 26.2 Å². The number of methoxy groups -OCH3 is 1. The largest absolute Gasteiger partial charge is 0.497 e. The van der Waals surface area contributed by atoms with Gasteiger partial charge in [0.05, 0.1) is 24.1 Å². The second kappa shape index (κ2) is 12.5. The molecular formula is C24H31Cl2N3O5S. The monoisotopic (exact) mass is 543 g/mol. The van der Waals surface area contributed by atoms with Crippen molar-refractivity contribution in [3.05, 3.63) is 58.1 Å². The zero-order chi connectivity index (χ0) is 26.3. The third-order valence-electron chi connectivity index (χ3n) is 5.16. The molecule has 2 aromatic carbocycles. The number of anilines is 1. The molecular weight excluding hydrogens is 513 g/mol. The highest BCUT2D eigenvalue weighted by atomic mass is 35.5. The van der Waals surface area contributed by atoms with Crippen molar-refractivity contribution in [1.29, 1.82) is 0 Å². The van der Waals surface area contributed by atoms with Crippen molar-refractivity contribution in [3.8, 4) is 5.75 Å². The van der Waals surface area contributed by atoms with Gasteiger partial charge in [0, 0.05) is 17.6 Å². The number of sulfonamides is 1. The number of benzene rings is 2. The highest BCUT2D eigenvalue weighted by Crippen LogP contribution is 2.30. The molecule has 0 bridgehead atoms. The van der Waals surface area contributed by atoms with Crippen LogP contribution in [-0.4, -0.2) is 57.1 Å². The molecule has 192 valence electrons. The van der Waals surface area contributed by atoms with Gasteiger partial charge >= 0.3 is 0 Å². The lowest BCUT2D eigenvalue weighted by Gasteiger charge is -2.33. The topological polar surface area (TPSA) is 96.0 Å². The standard InChI is InChI=1S/C24H31Cl2N3O5S/c1-6-21(24(31)27-16(2)3)28(14-17-8-7-9-19(12-17)34-4)23(30)15-29(35(5,32)33)22-11-10-18(25)13-20(22)26/h7-13,16,21H,6,14-15H2,1-5H3,(H,27,31). The van der Waals surface area contributed by atoms with Crippen molar-refractivity contribution in [2.45, 2.75) is 45.8 Å². The van der Waals surface area contributed by atoms with Crippen LogP contribution in [0.3, 0.4) is 0 Å². The van der Waals surface area contributed by atoms with Crippen molar-refractivity contribution >= 4 is 50.7 Å². The van der Waals surface area contributed by atoms with Crippen LogP contribution in [0, 0.1) is 0 Å². The van der Waals surface area contributed by atoms with E-state index in [9.17, 15) is 18.0 Å². The number of amides is 2. The molecule has 0 aliphatic rings. The van der Waals surface area contributed by atoms with Gasteiger partial charge in [-0.3, -0.25) is 13.9 Å². The van der Waals surface area contributed by atoms with E-state index in [0.717, 1.165) is 16.1 Å². The van der Waals surface area contributed by atoms with Crippen molar-refractivity contribution in [2.24, 2.45) is 0 Å². The van der Waals surface area contributed by atoms with E-state index >= 15 is 0 Å². The van der Waals surface area contributed by atoms with Crippen molar-refractivity contribution in [1.82, 2.24) is 10.2 Å². The Bertz CT molecular complexity index is 1160. The SMILES string of the molecule is CCC(C(=O)NC(C)C)N(Cc1cccc(OC)c1)C(=O)CN(c1ccc(Cl)cc1Cl)S(C)(=O)=O. The maximum absolute atomic E-state index is 13.6. The molecule has 11 heteroatoms. The van der Waals surface area contributed by atoms with Gasteiger partial charge in [-0.25, -0.2) is 8.42 Å². The smallest absolute Gasteiger partial charge is 0.244 e. The third kappa shape index (κ3) is 8.02. The molecule has 2 amide bonds. The molecule has 35 heavy (non-hydrogen) atoms. The van der Waals surface area contributed by atoms with E-state index in [2.05, 4.69) is 5.32 Å². The van der Waals surface area contributed by atoms with E-state index in [0.29, 0.717) is 17.2 Å². The first kappa shape index (κ1) is 28.7. The molecule has 0 aliphatic heterocycles. The van der Waals surface area contributed by atoms with Gasteiger partial charge < -0.3 is 15.0 Å². The summed E-state index contributed by atoms with van der Waals surface area (Å²) in [5, 5.41) is 3.25. The van der Waals surface area contributed by atoms with Crippen LogP contribution >= 0.6 is 23.2 Å². The summed E-state index contributed by atoms with van der Waals surface area (Å²) in [6, 6.07) is 10.5. The molecule has 1 atom stereocenters. The Morgan fingerprint density at radius 2 is 1.80 bits per heavy atom. The van der Waals surface area contributed by atoms with Crippen LogP contribution in [0.5, 0.6) is 5.75 Å². The van der Waals surface area contributed by atoms with Crippen LogP contribution in [0.4, 0.5) is 5.69 Å². The van der Waals surface area contributed by atoms with Gasteiger partial charge in [-0.05, 0) is 56.2 Å². The molecule has 0 spiro atoms. The summed E-state index contributed by atoms with van der Waals surface area (Å²) in [5.74, 6) is -0.288. The Morgan fingerprint density at radius 3 is 2.34 bits per heavy atom. The van der Waals surface area contributed by atoms with E-state index in [4.69, 9.17) is 27.9 Å². The van der Waals surface area contributed by atoms with Crippen molar-refractivity contribution < 1.29 is 22.7 Å². The zero-order valence-electron chi connectivity index (χ0n) is 20.4. The fourth-order valence-corrected chi connectivity index (χ4v) is 4.97. The molecule has 1 N–H and O–H groups in total. The summed E-state index contributed by atoms with van der Waals surface area (Å²) in [5.41, 5.74) is 0.844. The molecule has 0 heterocycles. The quantitative estimate of drug-likeness (QED) is 0.460. The molecule has 0 aliphatic carbocycles. The maximum atomic E-state index is 13.6. The highest BCUT2D eigenvalue weighted by Gasteiger charge is 2.32. The minimum absolute atomic E-state index is 0.0754. The average molecular weight is 545 g/mol. The highest BCUT2D eigenvalue weighted by molar-refractivity contribution is 7.92. The molecule has 0 saturated carbocycles. The van der Waals surface area contributed by atoms with Crippen LogP contribution in [0.2, 0.25) is 10.0 Å². The summed E-state index contributed by atoms with van der Waals surface area (Å²) in [6.07, 6.45) is 1.31. The first-order valence-corrected chi connectivity index (χ1v) is 13.6. The van der Waals surface area contributed by atoms with Crippen LogP contribution < -0.4 is 14.4 Å². The first-order chi connectivity index (χ1) is 16.4. The number of halogens is 2. The van der Waals surface area contributed by atoms with E-state index in [1.807, 2.05) is 13.8 Å². The molecule has 0 radical (unpaired) electrons. The number of nitrogens with one attached hydrogen (secondary N) is 1. The maximum Gasteiger partial charge on any atom is 0.244 e. The fraction of sp³-hybridized carbons (Fsp3) is 0.417. The summed E-state index contributed by atoms with van der Waals surface area (Å²) >= 11 is 12.2. The minimum atomic E-state index is -3.90. The van der Waals surface area contributed by atoms with E-state index in [1.165, 1.54) is 30.2 Å². The normalized spacial score (nSPS) is 12.2. The van der Waals surface area contributed by atoms with E-state index < -0.39 is 28.5 Å².